The number of carbonyl (C=O) groups is 1. The molecule has 0 saturated heterocycles. The Morgan fingerprint density at radius 1 is 1.22 bits per heavy atom. The summed E-state index contributed by atoms with van der Waals surface area (Å²) < 4.78 is 1.77. The molecule has 5 heteroatoms. The van der Waals surface area contributed by atoms with E-state index in [1.807, 2.05) is 26.0 Å². The average molecular weight is 330 g/mol. The first-order valence-electron chi connectivity index (χ1n) is 7.32. The summed E-state index contributed by atoms with van der Waals surface area (Å²) in [5.74, 6) is -0.0530. The zero-order valence-corrected chi connectivity index (χ0v) is 14.2. The third kappa shape index (κ3) is 3.54. The Labute approximate surface area is 141 Å². The first-order valence-corrected chi connectivity index (χ1v) is 7.70. The number of hydrogen-bond donors (Lipinski definition) is 0. The highest BCUT2D eigenvalue weighted by atomic mass is 35.5. The summed E-state index contributed by atoms with van der Waals surface area (Å²) in [7, 11) is 0. The van der Waals surface area contributed by atoms with Crippen LogP contribution in [0.15, 0.2) is 49.6 Å². The third-order valence-corrected chi connectivity index (χ3v) is 4.10. The van der Waals surface area contributed by atoms with E-state index >= 15 is 0 Å². The monoisotopic (exact) mass is 329 g/mol. The third-order valence-electron chi connectivity index (χ3n) is 3.55. The molecule has 0 atom stereocenters. The van der Waals surface area contributed by atoms with Crippen LogP contribution in [0.4, 0.5) is 0 Å². The molecule has 0 aliphatic heterocycles. The summed E-state index contributed by atoms with van der Waals surface area (Å²) in [5.41, 5.74) is 3.15. The Balaban J connectivity index is 2.28. The van der Waals surface area contributed by atoms with E-state index < -0.39 is 0 Å². The second kappa shape index (κ2) is 7.29. The molecular weight excluding hydrogens is 310 g/mol. The number of aromatic nitrogens is 2. The molecule has 1 heterocycles. The van der Waals surface area contributed by atoms with Crippen molar-refractivity contribution < 1.29 is 4.79 Å². The van der Waals surface area contributed by atoms with Gasteiger partial charge in [0.25, 0.3) is 5.91 Å². The molecule has 1 amide bonds. The largest absolute Gasteiger partial charge is 0.331 e. The van der Waals surface area contributed by atoms with Gasteiger partial charge in [0.15, 0.2) is 0 Å². The highest BCUT2D eigenvalue weighted by Gasteiger charge is 2.15. The molecule has 0 saturated carbocycles. The summed E-state index contributed by atoms with van der Waals surface area (Å²) in [5, 5.41) is 5.07. The molecule has 23 heavy (non-hydrogen) atoms. The van der Waals surface area contributed by atoms with Crippen LogP contribution < -0.4 is 0 Å². The number of halogens is 1. The maximum atomic E-state index is 12.5. The smallest absolute Gasteiger partial charge is 0.254 e. The molecule has 120 valence electrons. The number of amides is 1. The quantitative estimate of drug-likeness (QED) is 0.752. The van der Waals surface area contributed by atoms with Gasteiger partial charge >= 0.3 is 0 Å². The Morgan fingerprint density at radius 3 is 2.22 bits per heavy atom. The second-order valence-electron chi connectivity index (χ2n) is 5.23. The lowest BCUT2D eigenvalue weighted by atomic mass is 10.1. The van der Waals surface area contributed by atoms with Crippen LogP contribution in [-0.4, -0.2) is 33.7 Å². The first-order chi connectivity index (χ1) is 11.0. The predicted molar refractivity (Wildman–Crippen MR) is 94.3 cm³/mol. The zero-order chi connectivity index (χ0) is 17.0. The van der Waals surface area contributed by atoms with Crippen molar-refractivity contribution in [2.45, 2.75) is 13.8 Å². The molecule has 0 bridgehead atoms. The normalized spacial score (nSPS) is 10.4. The molecule has 4 nitrogen and oxygen atoms in total. The van der Waals surface area contributed by atoms with Crippen molar-refractivity contribution >= 4 is 17.5 Å². The lowest BCUT2D eigenvalue weighted by molar-refractivity contribution is 0.0791. The number of aryl methyl sites for hydroxylation is 1. The summed E-state index contributed by atoms with van der Waals surface area (Å²) in [6.45, 7) is 12.1. The molecule has 1 aromatic carbocycles. The van der Waals surface area contributed by atoms with Crippen molar-refractivity contribution in [1.29, 1.82) is 0 Å². The van der Waals surface area contributed by atoms with E-state index in [1.165, 1.54) is 0 Å². The zero-order valence-electron chi connectivity index (χ0n) is 13.4. The first kappa shape index (κ1) is 17.0. The molecule has 0 unspecified atom stereocenters. The van der Waals surface area contributed by atoms with Crippen molar-refractivity contribution in [3.05, 3.63) is 71.5 Å². The highest BCUT2D eigenvalue weighted by Crippen LogP contribution is 2.22. The van der Waals surface area contributed by atoms with Crippen LogP contribution in [0.5, 0.6) is 0 Å². The van der Waals surface area contributed by atoms with E-state index in [1.54, 1.807) is 33.9 Å². The molecule has 0 spiro atoms. The van der Waals surface area contributed by atoms with Gasteiger partial charge in [-0.1, -0.05) is 23.8 Å². The van der Waals surface area contributed by atoms with Crippen molar-refractivity contribution in [2.24, 2.45) is 0 Å². The van der Waals surface area contributed by atoms with E-state index in [0.717, 1.165) is 17.1 Å². The molecule has 0 fully saturated rings. The van der Waals surface area contributed by atoms with Crippen molar-refractivity contribution in [3.63, 3.8) is 0 Å². The minimum atomic E-state index is -0.0530. The molecule has 0 aliphatic carbocycles. The van der Waals surface area contributed by atoms with Gasteiger partial charge in [-0.3, -0.25) is 4.79 Å². The number of hydrogen-bond acceptors (Lipinski definition) is 2. The van der Waals surface area contributed by atoms with Crippen LogP contribution in [0.25, 0.3) is 5.69 Å². The maximum absolute atomic E-state index is 12.5. The van der Waals surface area contributed by atoms with Gasteiger partial charge in [-0.15, -0.1) is 13.2 Å². The van der Waals surface area contributed by atoms with Gasteiger partial charge in [-0.2, -0.15) is 5.10 Å². The summed E-state index contributed by atoms with van der Waals surface area (Å²) in [6.07, 6.45) is 3.40. The lowest BCUT2D eigenvalue weighted by Crippen LogP contribution is -2.31. The standard InChI is InChI=1S/C18H20ClN3O/c1-5-11-21(12-6-2)18(23)15-7-9-16(10-8-15)22-14(4)17(19)13(3)20-22/h5-10H,1-2,11-12H2,3-4H3. The van der Waals surface area contributed by atoms with Gasteiger partial charge in [0.1, 0.15) is 0 Å². The molecule has 1 aromatic heterocycles. The Hall–Kier alpha value is -2.33. The SMILES string of the molecule is C=CCN(CC=C)C(=O)c1ccc(-n2nc(C)c(Cl)c2C)cc1. The van der Waals surface area contributed by atoms with Gasteiger partial charge in [0.2, 0.25) is 0 Å². The van der Waals surface area contributed by atoms with E-state index in [-0.39, 0.29) is 5.91 Å². The maximum Gasteiger partial charge on any atom is 0.254 e. The topological polar surface area (TPSA) is 38.1 Å². The molecule has 0 radical (unpaired) electrons. The average Bonchev–Trinajstić information content (AvgIpc) is 2.82. The van der Waals surface area contributed by atoms with E-state index in [2.05, 4.69) is 18.3 Å². The fourth-order valence-corrected chi connectivity index (χ4v) is 2.47. The highest BCUT2D eigenvalue weighted by molar-refractivity contribution is 6.31. The van der Waals surface area contributed by atoms with Gasteiger partial charge in [0, 0.05) is 18.7 Å². The number of rotatable bonds is 6. The van der Waals surface area contributed by atoms with Crippen molar-refractivity contribution in [3.8, 4) is 5.69 Å². The van der Waals surface area contributed by atoms with Crippen LogP contribution in [0.3, 0.4) is 0 Å². The molecular formula is C18H20ClN3O. The fourth-order valence-electron chi connectivity index (χ4n) is 2.35. The van der Waals surface area contributed by atoms with Gasteiger partial charge < -0.3 is 4.90 Å². The molecule has 2 rings (SSSR count). The minimum Gasteiger partial charge on any atom is -0.331 e. The van der Waals surface area contributed by atoms with Crippen LogP contribution >= 0.6 is 11.6 Å². The van der Waals surface area contributed by atoms with Crippen LogP contribution in [0, 0.1) is 13.8 Å². The Bertz CT molecular complexity index is 721. The van der Waals surface area contributed by atoms with Gasteiger partial charge in [-0.05, 0) is 38.1 Å². The fraction of sp³-hybridized carbons (Fsp3) is 0.222. The van der Waals surface area contributed by atoms with E-state index in [0.29, 0.717) is 23.7 Å². The van der Waals surface area contributed by atoms with Crippen LogP contribution in [-0.2, 0) is 0 Å². The van der Waals surface area contributed by atoms with Crippen molar-refractivity contribution in [1.82, 2.24) is 14.7 Å². The summed E-state index contributed by atoms with van der Waals surface area (Å²) in [6, 6.07) is 7.31. The van der Waals surface area contributed by atoms with Gasteiger partial charge in [0.05, 0.1) is 22.1 Å². The van der Waals surface area contributed by atoms with Crippen LogP contribution in [0.2, 0.25) is 5.02 Å². The van der Waals surface area contributed by atoms with Gasteiger partial charge in [-0.25, -0.2) is 4.68 Å². The molecule has 0 aliphatic rings. The summed E-state index contributed by atoms with van der Waals surface area (Å²) >= 11 is 6.18. The second-order valence-corrected chi connectivity index (χ2v) is 5.61. The van der Waals surface area contributed by atoms with E-state index in [4.69, 9.17) is 11.6 Å². The number of benzene rings is 1. The van der Waals surface area contributed by atoms with E-state index in [9.17, 15) is 4.79 Å². The van der Waals surface area contributed by atoms with Crippen molar-refractivity contribution in [2.75, 3.05) is 13.1 Å². The number of nitrogens with zero attached hydrogens (tertiary/aromatic N) is 3. The molecule has 2 aromatic rings. The summed E-state index contributed by atoms with van der Waals surface area (Å²) in [4.78, 5) is 14.2. The molecule has 0 N–H and O–H groups in total. The van der Waals surface area contributed by atoms with Crippen LogP contribution in [0.1, 0.15) is 21.7 Å². The lowest BCUT2D eigenvalue weighted by Gasteiger charge is -2.19. The Morgan fingerprint density at radius 2 is 1.78 bits per heavy atom. The minimum absolute atomic E-state index is 0.0530. The Kier molecular flexibility index (Phi) is 5.40. The number of carbonyl (C=O) groups excluding carboxylic acids is 1. The predicted octanol–water partition coefficient (Wildman–Crippen LogP) is 3.96.